The lowest BCUT2D eigenvalue weighted by molar-refractivity contribution is -0.165. The van der Waals surface area contributed by atoms with Crippen LogP contribution in [0.3, 0.4) is 0 Å². The van der Waals surface area contributed by atoms with E-state index in [0.29, 0.717) is 50.0 Å². The summed E-state index contributed by atoms with van der Waals surface area (Å²) in [6.07, 6.45) is -3.79. The fourth-order valence-corrected chi connectivity index (χ4v) is 6.35. The summed E-state index contributed by atoms with van der Waals surface area (Å²) in [7, 11) is 0. The quantitative estimate of drug-likeness (QED) is 0.0533. The first-order chi connectivity index (χ1) is 28.7. The van der Waals surface area contributed by atoms with Gasteiger partial charge in [-0.2, -0.15) is 0 Å². The molecule has 0 saturated carbocycles. The van der Waals surface area contributed by atoms with Gasteiger partial charge in [0.2, 0.25) is 12.3 Å². The molecule has 17 nitrogen and oxygen atoms in total. The maximum absolute atomic E-state index is 12.9. The third kappa shape index (κ3) is 13.9. The SMILES string of the molecule is Cc1cc(NC(=O)CCN2CCC(OC(=O)Nc3ccccc3-c3ccccc3)CC2)c(C)cc1CNC[C@H](O)c1ccc(O)c(NC=O)c1.O=C(O)[C@H](O)[C@@H](O)C(=O)O. The highest BCUT2D eigenvalue weighted by Crippen LogP contribution is 2.29. The van der Waals surface area contributed by atoms with E-state index in [1.54, 1.807) is 6.07 Å². The summed E-state index contributed by atoms with van der Waals surface area (Å²) in [5.41, 5.74) is 7.20. The number of carboxylic acids is 2. The Labute approximate surface area is 346 Å². The van der Waals surface area contributed by atoms with E-state index < -0.39 is 36.3 Å². The Morgan fingerprint density at radius 1 is 0.800 bits per heavy atom. The standard InChI is InChI=1S/C39H45N5O6.C4H6O6/c1-26-21-34(27(2)20-30(26)23-40-24-37(47)29-12-13-36(46)35(22-29)41-25-45)42-38(48)16-19-44-17-14-31(15-18-44)50-39(49)43-33-11-7-6-10-32(33)28-8-4-3-5-9-28;5-1(3(7)8)2(6)4(9)10/h3-13,20-22,25,31,37,40,46-47H,14-19,23-24H2,1-2H3,(H,41,45)(H,42,48)(H,43,49);1-2,5-6H,(H,7,8)(H,9,10)/t37-;1-,2-/m01/s1. The average molecular weight is 830 g/mol. The number of ether oxygens (including phenoxy) is 1. The van der Waals surface area contributed by atoms with Crippen LogP contribution in [0.4, 0.5) is 21.9 Å². The van der Waals surface area contributed by atoms with E-state index in [-0.39, 0.29) is 30.0 Å². The Morgan fingerprint density at radius 3 is 2.10 bits per heavy atom. The molecule has 0 unspecified atom stereocenters. The van der Waals surface area contributed by atoms with Crippen molar-refractivity contribution in [2.75, 3.05) is 42.1 Å². The monoisotopic (exact) mass is 829 g/mol. The number of hydrogen-bond donors (Lipinski definition) is 10. The molecule has 1 aliphatic rings. The van der Waals surface area contributed by atoms with Crippen LogP contribution in [0, 0.1) is 13.8 Å². The zero-order chi connectivity index (χ0) is 43.8. The Bertz CT molecular complexity index is 2070. The van der Waals surface area contributed by atoms with Crippen molar-refractivity contribution in [2.24, 2.45) is 0 Å². The lowest BCUT2D eigenvalue weighted by Gasteiger charge is -2.31. The van der Waals surface area contributed by atoms with E-state index in [1.165, 1.54) is 12.1 Å². The molecule has 4 aromatic carbocycles. The van der Waals surface area contributed by atoms with Crippen molar-refractivity contribution in [1.29, 1.82) is 0 Å². The molecule has 0 aromatic heterocycles. The van der Waals surface area contributed by atoms with Gasteiger partial charge in [-0.15, -0.1) is 0 Å². The molecule has 3 atom stereocenters. The fraction of sp³-hybridized carbons (Fsp3) is 0.326. The zero-order valence-corrected chi connectivity index (χ0v) is 33.2. The van der Waals surface area contributed by atoms with Crippen LogP contribution in [-0.2, 0) is 30.5 Å². The summed E-state index contributed by atoms with van der Waals surface area (Å²) in [5, 5.41) is 64.6. The maximum Gasteiger partial charge on any atom is 0.411 e. The number of nitrogens with one attached hydrogen (secondary N) is 4. The predicted octanol–water partition coefficient (Wildman–Crippen LogP) is 3.99. The fourth-order valence-electron chi connectivity index (χ4n) is 6.35. The van der Waals surface area contributed by atoms with Crippen molar-refractivity contribution in [3.8, 4) is 16.9 Å². The second-order valence-electron chi connectivity index (χ2n) is 14.1. The number of aromatic hydroxyl groups is 1. The lowest BCUT2D eigenvalue weighted by Crippen LogP contribution is -2.39. The van der Waals surface area contributed by atoms with Crippen LogP contribution in [0.15, 0.2) is 84.9 Å². The van der Waals surface area contributed by atoms with Gasteiger partial charge < -0.3 is 56.2 Å². The number of aryl methyl sites for hydroxylation is 2. The van der Waals surface area contributed by atoms with Gasteiger partial charge in [-0.1, -0.05) is 60.7 Å². The highest BCUT2D eigenvalue weighted by atomic mass is 16.6. The zero-order valence-electron chi connectivity index (χ0n) is 33.2. The molecule has 1 aliphatic heterocycles. The van der Waals surface area contributed by atoms with E-state index in [1.807, 2.05) is 80.6 Å². The van der Waals surface area contributed by atoms with Gasteiger partial charge in [0.25, 0.3) is 0 Å². The van der Waals surface area contributed by atoms with Crippen LogP contribution in [0.5, 0.6) is 5.75 Å². The van der Waals surface area contributed by atoms with Crippen LogP contribution in [0.25, 0.3) is 11.1 Å². The van der Waals surface area contributed by atoms with E-state index in [4.69, 9.17) is 25.2 Å². The van der Waals surface area contributed by atoms with E-state index in [2.05, 4.69) is 26.2 Å². The van der Waals surface area contributed by atoms with Crippen LogP contribution in [0.2, 0.25) is 0 Å². The van der Waals surface area contributed by atoms with Gasteiger partial charge in [-0.05, 0) is 78.8 Å². The van der Waals surface area contributed by atoms with Gasteiger partial charge in [-0.3, -0.25) is 14.9 Å². The highest BCUT2D eigenvalue weighted by molar-refractivity contribution is 5.92. The number of phenols is 1. The topological polar surface area (TPSA) is 267 Å². The van der Waals surface area contributed by atoms with Crippen LogP contribution < -0.4 is 21.3 Å². The number of likely N-dealkylation sites (tertiary alicyclic amines) is 1. The first-order valence-electron chi connectivity index (χ1n) is 19.1. The number of rotatable bonds is 17. The number of aliphatic hydroxyl groups is 3. The number of carboxylic acid groups (broad SMARTS) is 2. The Hall–Kier alpha value is -6.37. The van der Waals surface area contributed by atoms with Crippen LogP contribution >= 0.6 is 0 Å². The lowest BCUT2D eigenvalue weighted by atomic mass is 10.0. The third-order valence-electron chi connectivity index (χ3n) is 9.75. The normalized spacial score (nSPS) is 14.3. The molecule has 0 bridgehead atoms. The summed E-state index contributed by atoms with van der Waals surface area (Å²) in [6, 6.07) is 26.1. The molecule has 1 fully saturated rings. The molecule has 0 aliphatic carbocycles. The van der Waals surface area contributed by atoms with Gasteiger partial charge in [0, 0.05) is 50.4 Å². The van der Waals surface area contributed by atoms with Crippen molar-refractivity contribution in [1.82, 2.24) is 10.2 Å². The molecule has 5 rings (SSSR count). The molecule has 320 valence electrons. The number of carbonyl (C=O) groups excluding carboxylic acids is 3. The molecular formula is C43H51N5O12. The van der Waals surface area contributed by atoms with E-state index in [9.17, 15) is 34.2 Å². The number of aliphatic hydroxyl groups excluding tert-OH is 3. The Morgan fingerprint density at radius 2 is 1.45 bits per heavy atom. The molecule has 17 heteroatoms. The largest absolute Gasteiger partial charge is 0.506 e. The molecule has 1 heterocycles. The summed E-state index contributed by atoms with van der Waals surface area (Å²) in [5.74, 6) is -3.67. The second kappa shape index (κ2) is 22.7. The number of benzene rings is 4. The third-order valence-corrected chi connectivity index (χ3v) is 9.75. The Balaban J connectivity index is 0.000000703. The molecule has 3 amide bonds. The molecule has 60 heavy (non-hydrogen) atoms. The number of amides is 3. The average Bonchev–Trinajstić information content (AvgIpc) is 3.23. The number of piperidine rings is 1. The van der Waals surface area contributed by atoms with Gasteiger partial charge in [0.1, 0.15) is 11.9 Å². The van der Waals surface area contributed by atoms with Crippen molar-refractivity contribution < 1.29 is 59.3 Å². The van der Waals surface area contributed by atoms with Crippen molar-refractivity contribution >= 4 is 47.4 Å². The number of carbonyl (C=O) groups is 5. The minimum absolute atomic E-state index is 0.0614. The molecule has 4 aromatic rings. The Kier molecular flexibility index (Phi) is 17.5. The summed E-state index contributed by atoms with van der Waals surface area (Å²) in [4.78, 5) is 58.2. The first kappa shape index (κ1) is 46.3. The van der Waals surface area contributed by atoms with Crippen LogP contribution in [0.1, 0.15) is 47.6 Å². The summed E-state index contributed by atoms with van der Waals surface area (Å²) < 4.78 is 5.75. The molecule has 0 spiro atoms. The molecular weight excluding hydrogens is 778 g/mol. The van der Waals surface area contributed by atoms with Crippen molar-refractivity contribution in [3.05, 3.63) is 107 Å². The minimum atomic E-state index is -2.27. The number of hydrogen-bond acceptors (Lipinski definition) is 12. The molecule has 1 saturated heterocycles. The maximum atomic E-state index is 12.9. The number of anilines is 3. The number of para-hydroxylation sites is 1. The molecule has 0 radical (unpaired) electrons. The van der Waals surface area contributed by atoms with E-state index in [0.717, 1.165) is 46.6 Å². The first-order valence-corrected chi connectivity index (χ1v) is 19.1. The smallest absolute Gasteiger partial charge is 0.411 e. The number of phenolic OH excluding ortho intramolecular Hbond substituents is 1. The molecule has 10 N–H and O–H groups in total. The minimum Gasteiger partial charge on any atom is -0.506 e. The summed E-state index contributed by atoms with van der Waals surface area (Å²) >= 11 is 0. The number of aliphatic carboxylic acids is 2. The van der Waals surface area contributed by atoms with Gasteiger partial charge in [0.15, 0.2) is 12.2 Å². The van der Waals surface area contributed by atoms with Crippen LogP contribution in [-0.4, -0.2) is 110 Å². The van der Waals surface area contributed by atoms with Gasteiger partial charge in [0.05, 0.1) is 17.5 Å². The van der Waals surface area contributed by atoms with Gasteiger partial charge in [-0.25, -0.2) is 14.4 Å². The van der Waals surface area contributed by atoms with Gasteiger partial charge >= 0.3 is 18.0 Å². The van der Waals surface area contributed by atoms with Crippen molar-refractivity contribution in [2.45, 2.75) is 64.1 Å². The second-order valence-corrected chi connectivity index (χ2v) is 14.1. The van der Waals surface area contributed by atoms with E-state index >= 15 is 0 Å². The predicted molar refractivity (Wildman–Crippen MR) is 222 cm³/mol. The number of nitrogens with zero attached hydrogens (tertiary/aromatic N) is 1. The van der Waals surface area contributed by atoms with Crippen molar-refractivity contribution in [3.63, 3.8) is 0 Å². The summed E-state index contributed by atoms with van der Waals surface area (Å²) in [6.45, 7) is 6.81. The highest BCUT2D eigenvalue weighted by Gasteiger charge is 2.29.